The van der Waals surface area contributed by atoms with E-state index in [-0.39, 0.29) is 18.9 Å². The number of anilines is 1. The molecular weight excluding hydrogens is 288 g/mol. The molecule has 7 heteroatoms. The smallest absolute Gasteiger partial charge is 0.310 e. The van der Waals surface area contributed by atoms with Gasteiger partial charge in [0.05, 0.1) is 17.8 Å². The zero-order valence-corrected chi connectivity index (χ0v) is 11.9. The number of hydrogen-bond donors (Lipinski definition) is 1. The molecule has 1 N–H and O–H groups in total. The zero-order chi connectivity index (χ0) is 15.5. The molecule has 2 heterocycles. The molecular formula is C15H14N2O5. The zero-order valence-electron chi connectivity index (χ0n) is 11.9. The first-order valence-electron chi connectivity index (χ1n) is 6.76. The summed E-state index contributed by atoms with van der Waals surface area (Å²) in [5.41, 5.74) is 1.30. The van der Waals surface area contributed by atoms with E-state index in [4.69, 9.17) is 14.0 Å². The molecule has 3 rings (SSSR count). The number of esters is 1. The van der Waals surface area contributed by atoms with Gasteiger partial charge < -0.3 is 19.3 Å². The Balaban J connectivity index is 1.56. The number of aryl methyl sites for hydroxylation is 1. The van der Waals surface area contributed by atoms with Gasteiger partial charge in [-0.15, -0.1) is 0 Å². The van der Waals surface area contributed by atoms with Crippen molar-refractivity contribution in [3.05, 3.63) is 41.8 Å². The molecule has 7 nitrogen and oxygen atoms in total. The van der Waals surface area contributed by atoms with Crippen LogP contribution in [0.5, 0.6) is 5.75 Å². The van der Waals surface area contributed by atoms with E-state index in [2.05, 4.69) is 10.5 Å². The monoisotopic (exact) mass is 302 g/mol. The fourth-order valence-corrected chi connectivity index (χ4v) is 2.07. The summed E-state index contributed by atoms with van der Waals surface area (Å²) in [6.07, 6.45) is -1.08. The fraction of sp³-hybridized carbons (Fsp3) is 0.267. The molecule has 1 aliphatic rings. The summed E-state index contributed by atoms with van der Waals surface area (Å²) in [6.45, 7) is 1.75. The van der Waals surface area contributed by atoms with Crippen LogP contribution in [0.15, 0.2) is 34.9 Å². The number of nitrogens with one attached hydrogen (secondary N) is 1. The van der Waals surface area contributed by atoms with Gasteiger partial charge in [-0.05, 0) is 19.1 Å². The van der Waals surface area contributed by atoms with Gasteiger partial charge in [0.15, 0.2) is 18.5 Å². The van der Waals surface area contributed by atoms with Crippen LogP contribution in [-0.2, 0) is 20.9 Å². The highest BCUT2D eigenvalue weighted by Crippen LogP contribution is 2.29. The van der Waals surface area contributed by atoms with Crippen LogP contribution in [-0.4, -0.2) is 23.1 Å². The summed E-state index contributed by atoms with van der Waals surface area (Å²) in [4.78, 5) is 23.7. The number of fused-ring (bicyclic) bond motifs is 1. The second-order valence-corrected chi connectivity index (χ2v) is 4.89. The van der Waals surface area contributed by atoms with E-state index in [1.807, 2.05) is 0 Å². The third-order valence-electron chi connectivity index (χ3n) is 3.11. The first kappa shape index (κ1) is 14.1. The number of carbonyl (C=O) groups is 2. The van der Waals surface area contributed by atoms with Crippen LogP contribution in [0.1, 0.15) is 17.9 Å². The van der Waals surface area contributed by atoms with E-state index in [1.54, 1.807) is 37.3 Å². The van der Waals surface area contributed by atoms with Crippen LogP contribution in [0.4, 0.5) is 5.69 Å². The largest absolute Gasteiger partial charge is 0.478 e. The highest BCUT2D eigenvalue weighted by Gasteiger charge is 2.30. The lowest BCUT2D eigenvalue weighted by molar-refractivity contribution is -0.149. The van der Waals surface area contributed by atoms with Crippen molar-refractivity contribution in [3.63, 3.8) is 0 Å². The lowest BCUT2D eigenvalue weighted by Crippen LogP contribution is -2.38. The van der Waals surface area contributed by atoms with Crippen molar-refractivity contribution in [1.82, 2.24) is 5.16 Å². The van der Waals surface area contributed by atoms with E-state index >= 15 is 0 Å². The quantitative estimate of drug-likeness (QED) is 0.866. The molecule has 22 heavy (non-hydrogen) atoms. The van der Waals surface area contributed by atoms with Crippen molar-refractivity contribution >= 4 is 17.6 Å². The number of aromatic nitrogens is 1. The molecule has 1 amide bonds. The van der Waals surface area contributed by atoms with E-state index < -0.39 is 12.1 Å². The average molecular weight is 302 g/mol. The molecule has 0 fully saturated rings. The van der Waals surface area contributed by atoms with Crippen molar-refractivity contribution in [2.24, 2.45) is 0 Å². The van der Waals surface area contributed by atoms with Crippen molar-refractivity contribution in [1.29, 1.82) is 0 Å². The molecule has 0 unspecified atom stereocenters. The van der Waals surface area contributed by atoms with Crippen LogP contribution in [0, 0.1) is 6.92 Å². The Morgan fingerprint density at radius 2 is 2.23 bits per heavy atom. The highest BCUT2D eigenvalue weighted by atomic mass is 16.6. The van der Waals surface area contributed by atoms with Gasteiger partial charge in [0.25, 0.3) is 5.91 Å². The van der Waals surface area contributed by atoms with Crippen LogP contribution in [0.25, 0.3) is 0 Å². The molecule has 0 spiro atoms. The van der Waals surface area contributed by atoms with Crippen molar-refractivity contribution in [3.8, 4) is 5.75 Å². The van der Waals surface area contributed by atoms with Crippen LogP contribution >= 0.6 is 0 Å². The number of nitrogens with zero attached hydrogens (tertiary/aromatic N) is 1. The Morgan fingerprint density at radius 1 is 1.41 bits per heavy atom. The number of carbonyl (C=O) groups excluding carboxylic acids is 2. The summed E-state index contributed by atoms with van der Waals surface area (Å²) in [5, 5.41) is 6.38. The Bertz CT molecular complexity index is 709. The molecule has 0 saturated heterocycles. The van der Waals surface area contributed by atoms with Gasteiger partial charge >= 0.3 is 5.97 Å². The van der Waals surface area contributed by atoms with Gasteiger partial charge in [-0.2, -0.15) is 0 Å². The summed E-state index contributed by atoms with van der Waals surface area (Å²) in [5.74, 6) is 0.0655. The number of hydrogen-bond acceptors (Lipinski definition) is 6. The van der Waals surface area contributed by atoms with Gasteiger partial charge in [-0.25, -0.2) is 0 Å². The van der Waals surface area contributed by atoms with E-state index in [0.717, 1.165) is 0 Å². The SMILES string of the molecule is Cc1cc(COC(=O)C[C@H]2Oc3ccccc3NC2=O)on1. The maximum atomic E-state index is 11.9. The van der Waals surface area contributed by atoms with Gasteiger partial charge in [-0.1, -0.05) is 17.3 Å². The second-order valence-electron chi connectivity index (χ2n) is 4.89. The minimum Gasteiger partial charge on any atom is -0.478 e. The van der Waals surface area contributed by atoms with Crippen molar-refractivity contribution in [2.75, 3.05) is 5.32 Å². The maximum absolute atomic E-state index is 11.9. The molecule has 0 aliphatic carbocycles. The first-order valence-corrected chi connectivity index (χ1v) is 6.76. The standard InChI is InChI=1S/C15H14N2O5/c1-9-6-10(22-17-9)8-20-14(18)7-13-15(19)16-11-4-2-3-5-12(11)21-13/h2-6,13H,7-8H2,1H3,(H,16,19)/t13-/m1/s1. The Kier molecular flexibility index (Phi) is 3.78. The number of para-hydroxylation sites is 2. The lowest BCUT2D eigenvalue weighted by Gasteiger charge is -2.25. The third kappa shape index (κ3) is 3.08. The summed E-state index contributed by atoms with van der Waals surface area (Å²) >= 11 is 0. The fourth-order valence-electron chi connectivity index (χ4n) is 2.07. The predicted molar refractivity (Wildman–Crippen MR) is 75.1 cm³/mol. The molecule has 1 atom stereocenters. The Labute approximate surface area is 126 Å². The maximum Gasteiger partial charge on any atom is 0.310 e. The summed E-state index contributed by atoms with van der Waals surface area (Å²) < 4.78 is 15.5. The minimum atomic E-state index is -0.904. The number of rotatable bonds is 4. The molecule has 114 valence electrons. The first-order chi connectivity index (χ1) is 10.6. The third-order valence-corrected chi connectivity index (χ3v) is 3.11. The normalized spacial score (nSPS) is 16.4. The molecule has 1 aromatic heterocycles. The van der Waals surface area contributed by atoms with Crippen molar-refractivity contribution in [2.45, 2.75) is 26.1 Å². The van der Waals surface area contributed by atoms with E-state index in [0.29, 0.717) is 22.9 Å². The summed E-state index contributed by atoms with van der Waals surface area (Å²) in [6, 6.07) is 8.71. The van der Waals surface area contributed by atoms with Crippen molar-refractivity contribution < 1.29 is 23.6 Å². The molecule has 0 radical (unpaired) electrons. The molecule has 1 aromatic carbocycles. The number of amides is 1. The predicted octanol–water partition coefficient (Wildman–Crippen LogP) is 1.82. The Morgan fingerprint density at radius 3 is 3.00 bits per heavy atom. The Hall–Kier alpha value is -2.83. The highest BCUT2D eigenvalue weighted by molar-refractivity contribution is 5.99. The van der Waals surface area contributed by atoms with Gasteiger partial charge in [0.1, 0.15) is 5.75 Å². The van der Waals surface area contributed by atoms with Gasteiger partial charge in [0, 0.05) is 6.07 Å². The number of ether oxygens (including phenoxy) is 2. The molecule has 0 bridgehead atoms. The average Bonchev–Trinajstić information content (AvgIpc) is 2.91. The van der Waals surface area contributed by atoms with Gasteiger partial charge in [0.2, 0.25) is 0 Å². The molecule has 2 aromatic rings. The van der Waals surface area contributed by atoms with Crippen LogP contribution < -0.4 is 10.1 Å². The van der Waals surface area contributed by atoms with E-state index in [9.17, 15) is 9.59 Å². The molecule has 0 saturated carbocycles. The minimum absolute atomic E-state index is 0.0232. The lowest BCUT2D eigenvalue weighted by atomic mass is 10.1. The van der Waals surface area contributed by atoms with E-state index in [1.165, 1.54) is 0 Å². The van der Waals surface area contributed by atoms with Crippen LogP contribution in [0.2, 0.25) is 0 Å². The topological polar surface area (TPSA) is 90.7 Å². The molecule has 1 aliphatic heterocycles. The number of benzene rings is 1. The second kappa shape index (κ2) is 5.88. The van der Waals surface area contributed by atoms with Crippen LogP contribution in [0.3, 0.4) is 0 Å². The van der Waals surface area contributed by atoms with Gasteiger partial charge in [-0.3, -0.25) is 9.59 Å². The summed E-state index contributed by atoms with van der Waals surface area (Å²) in [7, 11) is 0.